The molecule has 11 heteroatoms. The van der Waals surface area contributed by atoms with Gasteiger partial charge in [0, 0.05) is 24.1 Å². The van der Waals surface area contributed by atoms with Gasteiger partial charge in [-0.05, 0) is 49.1 Å². The smallest absolute Gasteiger partial charge is 0.408 e. The van der Waals surface area contributed by atoms with Gasteiger partial charge in [0.15, 0.2) is 0 Å². The minimum absolute atomic E-state index is 0.0530. The van der Waals surface area contributed by atoms with E-state index in [1.807, 2.05) is 45.0 Å². The van der Waals surface area contributed by atoms with Crippen LogP contribution >= 0.6 is 11.8 Å². The first kappa shape index (κ1) is 27.8. The summed E-state index contributed by atoms with van der Waals surface area (Å²) >= 11 is 1.57. The Morgan fingerprint density at radius 2 is 1.81 bits per heavy atom. The number of hydrazine groups is 1. The number of amides is 2. The second-order valence-electron chi connectivity index (χ2n) is 9.19. The Bertz CT molecular complexity index is 1150. The van der Waals surface area contributed by atoms with Gasteiger partial charge in [0.1, 0.15) is 11.8 Å². The third kappa shape index (κ3) is 6.92. The summed E-state index contributed by atoms with van der Waals surface area (Å²) in [6, 6.07) is 13.0. The minimum Gasteiger partial charge on any atom is -0.497 e. The highest BCUT2D eigenvalue weighted by molar-refractivity contribution is 7.99. The van der Waals surface area contributed by atoms with Gasteiger partial charge in [0.05, 0.1) is 12.0 Å². The molecule has 1 aliphatic heterocycles. The number of likely N-dealkylation sites (tertiary alicyclic amines) is 1. The number of hydrogen-bond donors (Lipinski definition) is 2. The third-order valence-corrected chi connectivity index (χ3v) is 8.83. The number of aryl methyl sites for hydroxylation is 1. The van der Waals surface area contributed by atoms with Gasteiger partial charge < -0.3 is 9.84 Å². The number of benzene rings is 2. The largest absolute Gasteiger partial charge is 0.497 e. The number of ether oxygens (including phenoxy) is 1. The second kappa shape index (κ2) is 12.0. The maximum Gasteiger partial charge on any atom is 0.408 e. The number of carboxylic acid groups (broad SMARTS) is 1. The van der Waals surface area contributed by atoms with Crippen LogP contribution in [0.2, 0.25) is 0 Å². The Morgan fingerprint density at radius 1 is 1.17 bits per heavy atom. The fourth-order valence-corrected chi connectivity index (χ4v) is 6.53. The zero-order valence-corrected chi connectivity index (χ0v) is 22.5. The normalized spacial score (nSPS) is 18.0. The summed E-state index contributed by atoms with van der Waals surface area (Å²) < 4.78 is 32.7. The van der Waals surface area contributed by atoms with Crippen LogP contribution in [0.4, 0.5) is 4.79 Å². The number of sulfonamides is 1. The molecule has 0 radical (unpaired) electrons. The number of nitrogens with zero attached hydrogens (tertiary/aromatic N) is 2. The van der Waals surface area contributed by atoms with Crippen molar-refractivity contribution in [3.63, 3.8) is 0 Å². The first-order chi connectivity index (χ1) is 17.0. The zero-order chi connectivity index (χ0) is 26.5. The van der Waals surface area contributed by atoms with E-state index >= 15 is 0 Å². The second-order valence-corrected chi connectivity index (χ2v) is 12.3. The third-order valence-electron chi connectivity index (χ3n) is 5.83. The van der Waals surface area contributed by atoms with E-state index in [9.17, 15) is 23.1 Å². The van der Waals surface area contributed by atoms with E-state index in [0.717, 1.165) is 26.2 Å². The van der Waals surface area contributed by atoms with Crippen molar-refractivity contribution in [2.45, 2.75) is 49.1 Å². The SMILES string of the molecule is COc1ccc(CSC2CC(C(=O)NN(CC(C)C)S(=O)(=O)c3ccc(C)cc3)N(C(=O)O)C2)cc1. The Kier molecular flexibility index (Phi) is 9.26. The molecule has 1 saturated heterocycles. The maximum absolute atomic E-state index is 13.3. The molecule has 36 heavy (non-hydrogen) atoms. The lowest BCUT2D eigenvalue weighted by Crippen LogP contribution is -2.54. The lowest BCUT2D eigenvalue weighted by atomic mass is 10.2. The Balaban J connectivity index is 1.72. The predicted octanol–water partition coefficient (Wildman–Crippen LogP) is 3.74. The maximum atomic E-state index is 13.3. The number of methoxy groups -OCH3 is 1. The number of carbonyl (C=O) groups is 2. The van der Waals surface area contributed by atoms with Gasteiger partial charge in [-0.1, -0.05) is 43.7 Å². The molecule has 2 amide bonds. The summed E-state index contributed by atoms with van der Waals surface area (Å²) in [5.41, 5.74) is 4.48. The molecular weight excluding hydrogens is 502 g/mol. The van der Waals surface area contributed by atoms with Crippen molar-refractivity contribution in [3.8, 4) is 5.75 Å². The number of hydrogen-bond acceptors (Lipinski definition) is 6. The van der Waals surface area contributed by atoms with E-state index in [4.69, 9.17) is 4.74 Å². The molecular formula is C25H33N3O6S2. The molecule has 0 bridgehead atoms. The van der Waals surface area contributed by atoms with Crippen molar-refractivity contribution in [2.75, 3.05) is 20.2 Å². The first-order valence-electron chi connectivity index (χ1n) is 11.6. The van der Waals surface area contributed by atoms with Gasteiger partial charge in [0.25, 0.3) is 15.9 Å². The highest BCUT2D eigenvalue weighted by atomic mass is 32.2. The van der Waals surface area contributed by atoms with E-state index in [1.165, 1.54) is 12.1 Å². The summed E-state index contributed by atoms with van der Waals surface area (Å²) in [5, 5.41) is 9.62. The summed E-state index contributed by atoms with van der Waals surface area (Å²) in [7, 11) is -2.42. The molecule has 0 aromatic heterocycles. The molecule has 1 heterocycles. The molecule has 9 nitrogen and oxygen atoms in total. The predicted molar refractivity (Wildman–Crippen MR) is 139 cm³/mol. The number of nitrogens with one attached hydrogen (secondary N) is 1. The molecule has 3 rings (SSSR count). The van der Waals surface area contributed by atoms with Gasteiger partial charge in [-0.2, -0.15) is 11.8 Å². The first-order valence-corrected chi connectivity index (χ1v) is 14.1. The quantitative estimate of drug-likeness (QED) is 0.445. The lowest BCUT2D eigenvalue weighted by Gasteiger charge is -2.27. The van der Waals surface area contributed by atoms with Gasteiger partial charge in [-0.25, -0.2) is 13.2 Å². The summed E-state index contributed by atoms with van der Waals surface area (Å²) in [4.78, 5) is 26.3. The monoisotopic (exact) mass is 535 g/mol. The van der Waals surface area contributed by atoms with Gasteiger partial charge in [-0.15, -0.1) is 4.41 Å². The van der Waals surface area contributed by atoms with Crippen LogP contribution < -0.4 is 10.2 Å². The van der Waals surface area contributed by atoms with E-state index in [1.54, 1.807) is 31.0 Å². The van der Waals surface area contributed by atoms with E-state index in [2.05, 4.69) is 5.43 Å². The zero-order valence-electron chi connectivity index (χ0n) is 20.9. The highest BCUT2D eigenvalue weighted by Gasteiger charge is 2.41. The van der Waals surface area contributed by atoms with E-state index < -0.39 is 28.1 Å². The van der Waals surface area contributed by atoms with Crippen molar-refractivity contribution in [1.29, 1.82) is 0 Å². The van der Waals surface area contributed by atoms with Gasteiger partial charge in [0.2, 0.25) is 0 Å². The Morgan fingerprint density at radius 3 is 2.36 bits per heavy atom. The molecule has 1 fully saturated rings. The molecule has 2 N–H and O–H groups in total. The number of rotatable bonds is 10. The number of carbonyl (C=O) groups excluding carboxylic acids is 1. The summed E-state index contributed by atoms with van der Waals surface area (Å²) in [5.74, 6) is 0.682. The van der Waals surface area contributed by atoms with Crippen molar-refractivity contribution in [2.24, 2.45) is 5.92 Å². The fraction of sp³-hybridized carbons (Fsp3) is 0.440. The Hall–Kier alpha value is -2.76. The molecule has 196 valence electrons. The molecule has 0 saturated carbocycles. The Labute approximate surface area is 216 Å². The van der Waals surface area contributed by atoms with Crippen molar-refractivity contribution < 1.29 is 27.9 Å². The summed E-state index contributed by atoms with van der Waals surface area (Å²) in [6.45, 7) is 5.78. The molecule has 2 aromatic rings. The van der Waals surface area contributed by atoms with Crippen molar-refractivity contribution >= 4 is 33.8 Å². The molecule has 0 aliphatic carbocycles. The molecule has 2 aromatic carbocycles. The van der Waals surface area contributed by atoms with Crippen LogP contribution in [0.15, 0.2) is 53.4 Å². The fourth-order valence-electron chi connectivity index (χ4n) is 3.88. The van der Waals surface area contributed by atoms with Crippen LogP contribution in [-0.2, 0) is 20.6 Å². The topological polar surface area (TPSA) is 116 Å². The van der Waals surface area contributed by atoms with E-state index in [-0.39, 0.29) is 29.2 Å². The standard InChI is InChI=1S/C25H33N3O6S2/c1-17(2)14-28(36(32,33)22-11-5-18(3)6-12-22)26-24(29)23-13-21(15-27(23)25(30)31)35-16-19-7-9-20(34-4)10-8-19/h5-12,17,21,23H,13-16H2,1-4H3,(H,26,29)(H,30,31). The van der Waals surface area contributed by atoms with Crippen LogP contribution in [0, 0.1) is 12.8 Å². The average Bonchev–Trinajstić information content (AvgIpc) is 3.27. The van der Waals surface area contributed by atoms with Gasteiger partial charge >= 0.3 is 6.09 Å². The molecule has 2 unspecified atom stereocenters. The lowest BCUT2D eigenvalue weighted by molar-refractivity contribution is -0.128. The van der Waals surface area contributed by atoms with E-state index in [0.29, 0.717) is 12.2 Å². The average molecular weight is 536 g/mol. The van der Waals surface area contributed by atoms with Crippen molar-refractivity contribution in [1.82, 2.24) is 14.7 Å². The van der Waals surface area contributed by atoms with Crippen LogP contribution in [0.5, 0.6) is 5.75 Å². The molecule has 0 spiro atoms. The van der Waals surface area contributed by atoms with Crippen LogP contribution in [0.3, 0.4) is 0 Å². The molecule has 1 aliphatic rings. The molecule has 2 atom stereocenters. The van der Waals surface area contributed by atoms with Gasteiger partial charge in [-0.3, -0.25) is 15.1 Å². The number of thioether (sulfide) groups is 1. The van der Waals surface area contributed by atoms with Crippen LogP contribution in [0.25, 0.3) is 0 Å². The van der Waals surface area contributed by atoms with Crippen LogP contribution in [-0.4, -0.2) is 66.3 Å². The van der Waals surface area contributed by atoms with Crippen molar-refractivity contribution in [3.05, 3.63) is 59.7 Å². The highest BCUT2D eigenvalue weighted by Crippen LogP contribution is 2.31. The van der Waals surface area contributed by atoms with Crippen LogP contribution in [0.1, 0.15) is 31.4 Å². The minimum atomic E-state index is -4.02. The summed E-state index contributed by atoms with van der Waals surface area (Å²) in [6.07, 6.45) is -0.918.